The number of hydrogen-bond donors (Lipinski definition) is 1. The average Bonchev–Trinajstić information content (AvgIpc) is 3.28. The van der Waals surface area contributed by atoms with Gasteiger partial charge in [-0.1, -0.05) is 18.2 Å². The number of hydrogen-bond acceptors (Lipinski definition) is 4. The summed E-state index contributed by atoms with van der Waals surface area (Å²) in [7, 11) is 1.83. The minimum Gasteiger partial charge on any atom is -0.488 e. The number of aromatic nitrogens is 2. The van der Waals surface area contributed by atoms with Gasteiger partial charge in [0, 0.05) is 24.1 Å². The molecular formula is C22H23N3O2S. The summed E-state index contributed by atoms with van der Waals surface area (Å²) in [6, 6.07) is 16.7. The number of carbonyl (C=O) groups is 1. The van der Waals surface area contributed by atoms with Crippen molar-refractivity contribution in [2.24, 2.45) is 7.05 Å². The van der Waals surface area contributed by atoms with E-state index in [1.54, 1.807) is 22.5 Å². The lowest BCUT2D eigenvalue weighted by Gasteiger charge is -2.11. The number of amides is 1. The molecule has 144 valence electrons. The topological polar surface area (TPSA) is 56.2 Å². The predicted octanol–water partition coefficient (Wildman–Crippen LogP) is 3.85. The molecule has 28 heavy (non-hydrogen) atoms. The molecule has 1 aromatic heterocycles. The summed E-state index contributed by atoms with van der Waals surface area (Å²) < 4.78 is 7.70. The molecule has 1 unspecified atom stereocenters. The Kier molecular flexibility index (Phi) is 5.13. The Morgan fingerprint density at radius 1 is 1.21 bits per heavy atom. The number of rotatable bonds is 5. The third-order valence-electron chi connectivity index (χ3n) is 5.06. The van der Waals surface area contributed by atoms with E-state index in [1.165, 1.54) is 21.6 Å². The highest BCUT2D eigenvalue weighted by molar-refractivity contribution is 7.98. The molecule has 4 rings (SSSR count). The minimum atomic E-state index is -0.169. The number of fused-ring (bicyclic) bond motifs is 1. The van der Waals surface area contributed by atoms with Gasteiger partial charge < -0.3 is 10.1 Å². The predicted molar refractivity (Wildman–Crippen MR) is 112 cm³/mol. The Hall–Kier alpha value is -2.73. The van der Waals surface area contributed by atoms with Crippen LogP contribution in [0.15, 0.2) is 53.4 Å². The van der Waals surface area contributed by atoms with Crippen LogP contribution in [0.4, 0.5) is 0 Å². The second-order valence-electron chi connectivity index (χ2n) is 7.00. The van der Waals surface area contributed by atoms with E-state index in [4.69, 9.17) is 4.74 Å². The molecule has 0 bridgehead atoms. The molecule has 0 saturated carbocycles. The maximum Gasteiger partial charge on any atom is 0.271 e. The van der Waals surface area contributed by atoms with E-state index in [-0.39, 0.29) is 12.0 Å². The Morgan fingerprint density at radius 3 is 2.64 bits per heavy atom. The highest BCUT2D eigenvalue weighted by Crippen LogP contribution is 2.33. The molecule has 6 heteroatoms. The van der Waals surface area contributed by atoms with Gasteiger partial charge >= 0.3 is 0 Å². The number of nitrogens with one attached hydrogen (secondary N) is 1. The second kappa shape index (κ2) is 7.72. The summed E-state index contributed by atoms with van der Waals surface area (Å²) in [5.74, 6) is 0.732. The molecule has 2 aromatic carbocycles. The highest BCUT2D eigenvalue weighted by Gasteiger charge is 2.24. The van der Waals surface area contributed by atoms with Crippen molar-refractivity contribution >= 4 is 17.7 Å². The number of ether oxygens (including phenoxy) is 1. The van der Waals surface area contributed by atoms with E-state index < -0.39 is 0 Å². The van der Waals surface area contributed by atoms with Crippen LogP contribution < -0.4 is 10.1 Å². The van der Waals surface area contributed by atoms with Gasteiger partial charge in [-0.3, -0.25) is 9.48 Å². The summed E-state index contributed by atoms with van der Waals surface area (Å²) in [5.41, 5.74) is 4.95. The van der Waals surface area contributed by atoms with E-state index in [1.807, 2.05) is 20.0 Å². The quantitative estimate of drug-likeness (QED) is 0.669. The minimum absolute atomic E-state index is 0.0575. The van der Waals surface area contributed by atoms with Crippen molar-refractivity contribution in [2.75, 3.05) is 12.8 Å². The molecule has 0 saturated heterocycles. The number of carbonyl (C=O) groups excluding carboxylic acids is 1. The van der Waals surface area contributed by atoms with Crippen LogP contribution in [-0.4, -0.2) is 34.6 Å². The lowest BCUT2D eigenvalue weighted by atomic mass is 10.0. The molecule has 1 aliphatic heterocycles. The number of benzene rings is 2. The normalized spacial score (nSPS) is 15.2. The Morgan fingerprint density at radius 2 is 1.96 bits per heavy atom. The van der Waals surface area contributed by atoms with Crippen LogP contribution in [0, 0.1) is 6.92 Å². The van der Waals surface area contributed by atoms with Gasteiger partial charge in [-0.2, -0.15) is 5.10 Å². The van der Waals surface area contributed by atoms with E-state index in [9.17, 15) is 4.79 Å². The lowest BCUT2D eigenvalue weighted by molar-refractivity contribution is 0.0928. The zero-order chi connectivity index (χ0) is 19.7. The first-order valence-electron chi connectivity index (χ1n) is 9.26. The molecule has 5 nitrogen and oxygen atoms in total. The SMILES string of the molecule is CSc1ccc(-c2ccc3c(c2)CC(CNC(=O)c2cc(C)n(C)n2)O3)cc1. The highest BCUT2D eigenvalue weighted by atomic mass is 32.2. The maximum absolute atomic E-state index is 12.3. The fraction of sp³-hybridized carbons (Fsp3) is 0.273. The molecule has 1 aliphatic rings. The summed E-state index contributed by atoms with van der Waals surface area (Å²) in [6.45, 7) is 2.38. The maximum atomic E-state index is 12.3. The Bertz CT molecular complexity index is 992. The first kappa shape index (κ1) is 18.6. The standard InChI is InChI=1S/C22H23N3O2S/c1-14-10-20(24-25(14)2)22(26)23-13-18-12-17-11-16(6-9-21(17)27-18)15-4-7-19(28-3)8-5-15/h4-11,18H,12-13H2,1-3H3,(H,23,26). The first-order chi connectivity index (χ1) is 13.5. The van der Waals surface area contributed by atoms with Crippen LogP contribution in [-0.2, 0) is 13.5 Å². The number of nitrogens with zero attached hydrogens (tertiary/aromatic N) is 2. The van der Waals surface area contributed by atoms with Crippen LogP contribution >= 0.6 is 11.8 Å². The van der Waals surface area contributed by atoms with Gasteiger partial charge in [-0.25, -0.2) is 0 Å². The zero-order valence-corrected chi connectivity index (χ0v) is 17.0. The molecule has 1 atom stereocenters. The van der Waals surface area contributed by atoms with E-state index >= 15 is 0 Å². The molecule has 0 spiro atoms. The zero-order valence-electron chi connectivity index (χ0n) is 16.2. The van der Waals surface area contributed by atoms with Crippen LogP contribution in [0.1, 0.15) is 21.7 Å². The van der Waals surface area contributed by atoms with Crippen LogP contribution in [0.25, 0.3) is 11.1 Å². The van der Waals surface area contributed by atoms with E-state index in [2.05, 4.69) is 53.1 Å². The Balaban J connectivity index is 1.40. The third-order valence-corrected chi connectivity index (χ3v) is 5.81. The number of aryl methyl sites for hydroxylation is 2. The van der Waals surface area contributed by atoms with Crippen molar-refractivity contribution < 1.29 is 9.53 Å². The smallest absolute Gasteiger partial charge is 0.271 e. The molecule has 3 aromatic rings. The lowest BCUT2D eigenvalue weighted by Crippen LogP contribution is -2.34. The molecule has 1 amide bonds. The van der Waals surface area contributed by atoms with Crippen LogP contribution in [0.2, 0.25) is 0 Å². The fourth-order valence-electron chi connectivity index (χ4n) is 3.37. The van der Waals surface area contributed by atoms with Crippen LogP contribution in [0.5, 0.6) is 5.75 Å². The summed E-state index contributed by atoms with van der Waals surface area (Å²) in [6.07, 6.45) is 2.81. The monoisotopic (exact) mass is 393 g/mol. The largest absolute Gasteiger partial charge is 0.488 e. The molecular weight excluding hydrogens is 370 g/mol. The summed E-state index contributed by atoms with van der Waals surface area (Å²) in [4.78, 5) is 13.5. The molecule has 0 aliphatic carbocycles. The Labute approximate surface area is 169 Å². The molecule has 0 fully saturated rings. The summed E-state index contributed by atoms with van der Waals surface area (Å²) in [5, 5.41) is 7.15. The van der Waals surface area contributed by atoms with Crippen LogP contribution in [0.3, 0.4) is 0 Å². The second-order valence-corrected chi connectivity index (χ2v) is 7.88. The van der Waals surface area contributed by atoms with Crippen molar-refractivity contribution in [3.05, 3.63) is 65.5 Å². The van der Waals surface area contributed by atoms with E-state index in [0.717, 1.165) is 17.9 Å². The van der Waals surface area contributed by atoms with Gasteiger partial charge in [-0.05, 0) is 60.2 Å². The van der Waals surface area contributed by atoms with Crippen molar-refractivity contribution in [3.63, 3.8) is 0 Å². The molecule has 1 N–H and O–H groups in total. The van der Waals surface area contributed by atoms with Crippen molar-refractivity contribution in [3.8, 4) is 16.9 Å². The first-order valence-corrected chi connectivity index (χ1v) is 10.5. The van der Waals surface area contributed by atoms with Gasteiger partial charge in [0.15, 0.2) is 0 Å². The number of thioether (sulfide) groups is 1. The van der Waals surface area contributed by atoms with Crippen molar-refractivity contribution in [2.45, 2.75) is 24.3 Å². The van der Waals surface area contributed by atoms with Gasteiger partial charge in [-0.15, -0.1) is 11.8 Å². The van der Waals surface area contributed by atoms with Gasteiger partial charge in [0.25, 0.3) is 5.91 Å². The third kappa shape index (κ3) is 3.78. The van der Waals surface area contributed by atoms with Gasteiger partial charge in [0.05, 0.1) is 6.54 Å². The average molecular weight is 394 g/mol. The molecule has 2 heterocycles. The van der Waals surface area contributed by atoms with Crippen molar-refractivity contribution in [1.29, 1.82) is 0 Å². The van der Waals surface area contributed by atoms with Gasteiger partial charge in [0.1, 0.15) is 17.5 Å². The van der Waals surface area contributed by atoms with Crippen molar-refractivity contribution in [1.82, 2.24) is 15.1 Å². The fourth-order valence-corrected chi connectivity index (χ4v) is 3.77. The summed E-state index contributed by atoms with van der Waals surface area (Å²) >= 11 is 1.74. The van der Waals surface area contributed by atoms with E-state index in [0.29, 0.717) is 12.2 Å². The molecule has 0 radical (unpaired) electrons. The van der Waals surface area contributed by atoms with Gasteiger partial charge in [0.2, 0.25) is 0 Å².